The molecular weight excluding hydrogens is 514 g/mol. The number of hydrogen-bond acceptors (Lipinski definition) is 7. The fraction of sp³-hybridized carbons (Fsp3) is 0.323. The van der Waals surface area contributed by atoms with E-state index in [-0.39, 0.29) is 56.3 Å². The van der Waals surface area contributed by atoms with Gasteiger partial charge in [0.25, 0.3) is 0 Å². The van der Waals surface area contributed by atoms with Gasteiger partial charge < -0.3 is 14.2 Å². The second-order valence-electron chi connectivity index (χ2n) is 8.84. The molecule has 3 rings (SSSR count). The second-order valence-corrected chi connectivity index (χ2v) is 10.9. The average molecular weight is 551 g/mol. The van der Waals surface area contributed by atoms with Crippen LogP contribution in [-0.2, 0) is 39.5 Å². The molecule has 0 aliphatic carbocycles. The molecule has 206 valence electrons. The Hall–Kier alpha value is -3.62. The van der Waals surface area contributed by atoms with Crippen molar-refractivity contribution in [1.29, 1.82) is 0 Å². The van der Waals surface area contributed by atoms with Crippen LogP contribution in [0.3, 0.4) is 0 Å². The van der Waals surface area contributed by atoms with E-state index >= 15 is 0 Å². The van der Waals surface area contributed by atoms with Gasteiger partial charge in [0.1, 0.15) is 0 Å². The minimum Gasteiger partial charge on any atom is -0.465 e. The molecule has 7 nitrogen and oxygen atoms in total. The molecule has 0 N–H and O–H groups in total. The van der Waals surface area contributed by atoms with E-state index in [1.807, 2.05) is 19.1 Å². The molecule has 8 heteroatoms. The van der Waals surface area contributed by atoms with E-state index in [0.717, 1.165) is 5.56 Å². The fourth-order valence-corrected chi connectivity index (χ4v) is 6.03. The van der Waals surface area contributed by atoms with E-state index in [1.54, 1.807) is 13.8 Å². The Balaban J connectivity index is 1.62. The van der Waals surface area contributed by atoms with Crippen LogP contribution in [0.2, 0.25) is 0 Å². The van der Waals surface area contributed by atoms with E-state index in [0.29, 0.717) is 0 Å². The number of hydrogen-bond donors (Lipinski definition) is 0. The molecule has 1 unspecified atom stereocenters. The molecule has 0 saturated heterocycles. The molecule has 3 aromatic carbocycles. The lowest BCUT2D eigenvalue weighted by atomic mass is 10.0. The summed E-state index contributed by atoms with van der Waals surface area (Å²) < 4.78 is 15.4. The molecule has 0 amide bonds. The Bertz CT molecular complexity index is 1130. The fourth-order valence-electron chi connectivity index (χ4n) is 3.94. The molecular formula is C31H36NO6S+. The van der Waals surface area contributed by atoms with E-state index in [2.05, 4.69) is 72.8 Å². The topological polar surface area (TPSA) is 82.1 Å². The summed E-state index contributed by atoms with van der Waals surface area (Å²) in [5.74, 6) is -1.61. The van der Waals surface area contributed by atoms with Crippen molar-refractivity contribution in [2.45, 2.75) is 41.4 Å². The van der Waals surface area contributed by atoms with Crippen LogP contribution in [0.1, 0.15) is 32.3 Å². The smallest absolute Gasteiger partial charge is 0.320 e. The summed E-state index contributed by atoms with van der Waals surface area (Å²) in [7, 11) is -0.234. The van der Waals surface area contributed by atoms with Crippen LogP contribution >= 0.6 is 0 Å². The van der Waals surface area contributed by atoms with E-state index in [4.69, 9.17) is 14.2 Å². The summed E-state index contributed by atoms with van der Waals surface area (Å²) in [6, 6.07) is 29.3. The van der Waals surface area contributed by atoms with Gasteiger partial charge in [0, 0.05) is 5.92 Å². The first kappa shape index (κ1) is 29.9. The molecule has 0 fully saturated rings. The van der Waals surface area contributed by atoms with Gasteiger partial charge in [0.15, 0.2) is 14.7 Å². The molecule has 39 heavy (non-hydrogen) atoms. The maximum Gasteiger partial charge on any atom is 0.320 e. The van der Waals surface area contributed by atoms with Crippen LogP contribution in [0.15, 0.2) is 99.6 Å². The lowest BCUT2D eigenvalue weighted by molar-refractivity contribution is -0.151. The highest BCUT2D eigenvalue weighted by Gasteiger charge is 2.28. The van der Waals surface area contributed by atoms with Gasteiger partial charge >= 0.3 is 17.9 Å². The Morgan fingerprint density at radius 1 is 0.641 bits per heavy atom. The summed E-state index contributed by atoms with van der Waals surface area (Å²) in [4.78, 5) is 41.4. The van der Waals surface area contributed by atoms with Crippen LogP contribution in [-0.4, -0.2) is 62.3 Å². The van der Waals surface area contributed by atoms with Crippen molar-refractivity contribution in [2.24, 2.45) is 0 Å². The zero-order valence-corrected chi connectivity index (χ0v) is 23.5. The van der Waals surface area contributed by atoms with Crippen LogP contribution in [0.25, 0.3) is 0 Å². The quantitative estimate of drug-likeness (QED) is 0.161. The summed E-state index contributed by atoms with van der Waals surface area (Å²) in [5.41, 5.74) is 1.05. The first-order chi connectivity index (χ1) is 18.9. The van der Waals surface area contributed by atoms with Gasteiger partial charge in [-0.15, -0.1) is 0 Å². The third-order valence-corrected chi connectivity index (χ3v) is 8.04. The van der Waals surface area contributed by atoms with Gasteiger partial charge in [-0.2, -0.15) is 0 Å². The minimum absolute atomic E-state index is 0.0400. The first-order valence-electron chi connectivity index (χ1n) is 13.0. The molecule has 0 radical (unpaired) electrons. The maximum atomic E-state index is 12.6. The molecule has 0 aliphatic heterocycles. The van der Waals surface area contributed by atoms with E-state index in [1.165, 1.54) is 19.6 Å². The molecule has 0 spiro atoms. The van der Waals surface area contributed by atoms with Gasteiger partial charge in [-0.05, 0) is 55.8 Å². The Labute approximate surface area is 233 Å². The molecule has 3 aromatic rings. The molecule has 0 saturated carbocycles. The number of rotatable bonds is 14. The number of esters is 3. The third-order valence-electron chi connectivity index (χ3n) is 5.81. The summed E-state index contributed by atoms with van der Waals surface area (Å²) in [6.45, 7) is 5.35. The standard InChI is InChI=1S/C31H36NO6S/c1-4-36-29(33)20-32(21-30(34)37-5-2)22-31(35)38-23-24(3)25-16-18-28(19-17-25)39(26-12-8-6-9-13-26)27-14-10-7-11-15-27/h6-19,24H,4-5,20-23H2,1-3H3/q+1. The summed E-state index contributed by atoms with van der Waals surface area (Å²) >= 11 is 0. The number of carbonyl (C=O) groups excluding carboxylic acids is 3. The monoisotopic (exact) mass is 550 g/mol. The SMILES string of the molecule is CCOC(=O)CN(CC(=O)OCC)CC(=O)OCC(C)c1ccc([S+](c2ccccc2)c2ccccc2)cc1. The van der Waals surface area contributed by atoms with Crippen LogP contribution < -0.4 is 0 Å². The van der Waals surface area contributed by atoms with Gasteiger partial charge in [-0.25, -0.2) is 0 Å². The van der Waals surface area contributed by atoms with Crippen molar-refractivity contribution < 1.29 is 28.6 Å². The van der Waals surface area contributed by atoms with Crippen LogP contribution in [0.5, 0.6) is 0 Å². The highest BCUT2D eigenvalue weighted by Crippen LogP contribution is 2.31. The van der Waals surface area contributed by atoms with E-state index in [9.17, 15) is 14.4 Å². The predicted octanol–water partition coefficient (Wildman–Crippen LogP) is 4.86. The first-order valence-corrected chi connectivity index (χ1v) is 14.3. The van der Waals surface area contributed by atoms with Crippen LogP contribution in [0, 0.1) is 0 Å². The average Bonchev–Trinajstić information content (AvgIpc) is 2.93. The normalized spacial score (nSPS) is 11.7. The zero-order valence-electron chi connectivity index (χ0n) is 22.7. The summed E-state index contributed by atoms with van der Waals surface area (Å²) in [6.07, 6.45) is 0. The van der Waals surface area contributed by atoms with Crippen molar-refractivity contribution >= 4 is 28.8 Å². The number of carbonyl (C=O) groups is 3. The van der Waals surface area contributed by atoms with Gasteiger partial charge in [-0.1, -0.05) is 55.5 Å². The van der Waals surface area contributed by atoms with Crippen molar-refractivity contribution in [3.05, 3.63) is 90.5 Å². The van der Waals surface area contributed by atoms with Crippen molar-refractivity contribution in [1.82, 2.24) is 4.90 Å². The molecule has 0 bridgehead atoms. The van der Waals surface area contributed by atoms with Crippen molar-refractivity contribution in [3.8, 4) is 0 Å². The van der Waals surface area contributed by atoms with Crippen molar-refractivity contribution in [2.75, 3.05) is 39.5 Å². The zero-order chi connectivity index (χ0) is 28.0. The van der Waals surface area contributed by atoms with Crippen LogP contribution in [0.4, 0.5) is 0 Å². The van der Waals surface area contributed by atoms with Gasteiger partial charge in [0.2, 0.25) is 0 Å². The second kappa shape index (κ2) is 15.7. The Morgan fingerprint density at radius 3 is 1.49 bits per heavy atom. The molecule has 0 heterocycles. The largest absolute Gasteiger partial charge is 0.465 e. The number of benzene rings is 3. The van der Waals surface area contributed by atoms with Gasteiger partial charge in [-0.3, -0.25) is 19.3 Å². The van der Waals surface area contributed by atoms with Gasteiger partial charge in [0.05, 0.1) is 50.3 Å². The molecule has 0 aromatic heterocycles. The number of ether oxygens (including phenoxy) is 3. The molecule has 1 atom stereocenters. The Kier molecular flexibility index (Phi) is 12.1. The predicted molar refractivity (Wildman–Crippen MR) is 151 cm³/mol. The highest BCUT2D eigenvalue weighted by atomic mass is 32.2. The summed E-state index contributed by atoms with van der Waals surface area (Å²) in [5, 5.41) is 0. The van der Waals surface area contributed by atoms with Crippen molar-refractivity contribution in [3.63, 3.8) is 0 Å². The highest BCUT2D eigenvalue weighted by molar-refractivity contribution is 7.97. The lowest BCUT2D eigenvalue weighted by Gasteiger charge is -2.20. The maximum absolute atomic E-state index is 12.6. The number of nitrogens with zero attached hydrogens (tertiary/aromatic N) is 1. The lowest BCUT2D eigenvalue weighted by Crippen LogP contribution is -2.40. The minimum atomic E-state index is -0.526. The third kappa shape index (κ3) is 9.57. The Morgan fingerprint density at radius 2 is 1.05 bits per heavy atom. The molecule has 0 aliphatic rings. The van der Waals surface area contributed by atoms with E-state index < -0.39 is 17.9 Å².